The normalized spacial score (nSPS) is 15.3. The summed E-state index contributed by atoms with van der Waals surface area (Å²) < 4.78 is 12.5. The van der Waals surface area contributed by atoms with Crippen LogP contribution in [0.3, 0.4) is 0 Å². The summed E-state index contributed by atoms with van der Waals surface area (Å²) in [5, 5.41) is 0. The fraction of sp³-hybridized carbons (Fsp3) is 0.571. The van der Waals surface area contributed by atoms with Gasteiger partial charge >= 0.3 is 0 Å². The summed E-state index contributed by atoms with van der Waals surface area (Å²) in [5.41, 5.74) is 6.77. The second-order valence-corrected chi connectivity index (χ2v) is 5.57. The van der Waals surface area contributed by atoms with Gasteiger partial charge in [-0.2, -0.15) is 0 Å². The first-order chi connectivity index (χ1) is 8.74. The zero-order chi connectivity index (χ0) is 13.0. The highest BCUT2D eigenvalue weighted by Gasteiger charge is 2.22. The molecule has 18 heavy (non-hydrogen) atoms. The minimum absolute atomic E-state index is 0.358. The summed E-state index contributed by atoms with van der Waals surface area (Å²) >= 11 is 3.51. The summed E-state index contributed by atoms with van der Waals surface area (Å²) in [5.74, 6) is 1.71. The van der Waals surface area contributed by atoms with Crippen molar-refractivity contribution in [3.8, 4) is 11.5 Å². The number of halogens is 1. The molecule has 0 radical (unpaired) electrons. The Morgan fingerprint density at radius 1 is 1.39 bits per heavy atom. The van der Waals surface area contributed by atoms with E-state index in [4.69, 9.17) is 15.2 Å². The van der Waals surface area contributed by atoms with Crippen LogP contribution in [0.25, 0.3) is 0 Å². The van der Waals surface area contributed by atoms with Crippen molar-refractivity contribution in [2.75, 3.05) is 13.7 Å². The highest BCUT2D eigenvalue weighted by atomic mass is 79.9. The van der Waals surface area contributed by atoms with Crippen molar-refractivity contribution in [2.24, 2.45) is 5.73 Å². The van der Waals surface area contributed by atoms with Gasteiger partial charge in [0.05, 0.1) is 13.2 Å². The number of methoxy groups -OCH3 is 1. The molecule has 0 spiro atoms. The van der Waals surface area contributed by atoms with Gasteiger partial charge in [0.25, 0.3) is 0 Å². The first-order valence-corrected chi connectivity index (χ1v) is 7.27. The van der Waals surface area contributed by atoms with E-state index in [0.717, 1.165) is 41.7 Å². The lowest BCUT2D eigenvalue weighted by molar-refractivity contribution is 0.114. The SMILES string of the molecule is COc1cc(Br)cc(CCCN)c1OC1CCC1. The summed E-state index contributed by atoms with van der Waals surface area (Å²) in [4.78, 5) is 0. The van der Waals surface area contributed by atoms with Crippen LogP contribution in [-0.4, -0.2) is 19.8 Å². The molecule has 100 valence electrons. The van der Waals surface area contributed by atoms with E-state index in [2.05, 4.69) is 22.0 Å². The molecular weight excluding hydrogens is 294 g/mol. The molecule has 0 saturated heterocycles. The maximum Gasteiger partial charge on any atom is 0.164 e. The average molecular weight is 314 g/mol. The number of hydrogen-bond acceptors (Lipinski definition) is 3. The molecule has 0 aliphatic heterocycles. The molecule has 0 atom stereocenters. The predicted octanol–water partition coefficient (Wildman–Crippen LogP) is 3.28. The number of ether oxygens (including phenoxy) is 2. The van der Waals surface area contributed by atoms with E-state index in [1.807, 2.05) is 6.07 Å². The summed E-state index contributed by atoms with van der Waals surface area (Å²) in [7, 11) is 1.68. The fourth-order valence-corrected chi connectivity index (χ4v) is 2.53. The van der Waals surface area contributed by atoms with E-state index < -0.39 is 0 Å². The Labute approximate surface area is 117 Å². The summed E-state index contributed by atoms with van der Waals surface area (Å²) in [6.45, 7) is 0.692. The Balaban J connectivity index is 2.24. The first kappa shape index (κ1) is 13.7. The van der Waals surface area contributed by atoms with E-state index in [9.17, 15) is 0 Å². The molecule has 0 bridgehead atoms. The Morgan fingerprint density at radius 2 is 2.17 bits per heavy atom. The quantitative estimate of drug-likeness (QED) is 0.876. The van der Waals surface area contributed by atoms with Gasteiger partial charge in [0.1, 0.15) is 0 Å². The third-order valence-electron chi connectivity index (χ3n) is 3.30. The number of nitrogens with two attached hydrogens (primary N) is 1. The Morgan fingerprint density at radius 3 is 2.72 bits per heavy atom. The highest BCUT2D eigenvalue weighted by molar-refractivity contribution is 9.10. The first-order valence-electron chi connectivity index (χ1n) is 6.47. The Kier molecular flexibility index (Phi) is 4.89. The Hall–Kier alpha value is -0.740. The smallest absolute Gasteiger partial charge is 0.164 e. The van der Waals surface area contributed by atoms with Gasteiger partial charge in [0.15, 0.2) is 11.5 Å². The van der Waals surface area contributed by atoms with Crippen molar-refractivity contribution < 1.29 is 9.47 Å². The molecule has 2 rings (SSSR count). The van der Waals surface area contributed by atoms with Gasteiger partial charge in [-0.15, -0.1) is 0 Å². The van der Waals surface area contributed by atoms with Crippen molar-refractivity contribution >= 4 is 15.9 Å². The molecule has 1 saturated carbocycles. The van der Waals surface area contributed by atoms with E-state index in [1.165, 1.54) is 12.0 Å². The Bertz CT molecular complexity index is 405. The van der Waals surface area contributed by atoms with E-state index >= 15 is 0 Å². The number of aryl methyl sites for hydroxylation is 1. The molecule has 1 fully saturated rings. The van der Waals surface area contributed by atoms with Crippen molar-refractivity contribution in [3.63, 3.8) is 0 Å². The minimum atomic E-state index is 0.358. The molecule has 0 unspecified atom stereocenters. The van der Waals surface area contributed by atoms with Crippen LogP contribution in [0.2, 0.25) is 0 Å². The van der Waals surface area contributed by atoms with Crippen LogP contribution in [0, 0.1) is 0 Å². The lowest BCUT2D eigenvalue weighted by Crippen LogP contribution is -2.25. The van der Waals surface area contributed by atoms with Gasteiger partial charge < -0.3 is 15.2 Å². The number of hydrogen-bond donors (Lipinski definition) is 1. The highest BCUT2D eigenvalue weighted by Crippen LogP contribution is 2.38. The molecule has 2 N–H and O–H groups in total. The predicted molar refractivity (Wildman–Crippen MR) is 76.3 cm³/mol. The molecule has 0 heterocycles. The third-order valence-corrected chi connectivity index (χ3v) is 3.76. The van der Waals surface area contributed by atoms with Gasteiger partial charge in [-0.1, -0.05) is 15.9 Å². The topological polar surface area (TPSA) is 44.5 Å². The zero-order valence-corrected chi connectivity index (χ0v) is 12.3. The number of rotatable bonds is 6. The third kappa shape index (κ3) is 3.18. The average Bonchev–Trinajstić information content (AvgIpc) is 2.31. The molecule has 0 aromatic heterocycles. The number of benzene rings is 1. The van der Waals surface area contributed by atoms with Crippen LogP contribution >= 0.6 is 15.9 Å². The van der Waals surface area contributed by atoms with Crippen molar-refractivity contribution in [1.82, 2.24) is 0 Å². The van der Waals surface area contributed by atoms with E-state index in [0.29, 0.717) is 12.6 Å². The van der Waals surface area contributed by atoms with E-state index in [-0.39, 0.29) is 0 Å². The van der Waals surface area contributed by atoms with Crippen molar-refractivity contribution in [3.05, 3.63) is 22.2 Å². The van der Waals surface area contributed by atoms with Crippen LogP contribution in [0.1, 0.15) is 31.2 Å². The van der Waals surface area contributed by atoms with Gasteiger partial charge in [0.2, 0.25) is 0 Å². The van der Waals surface area contributed by atoms with Crippen LogP contribution in [0.4, 0.5) is 0 Å². The standard InChI is InChI=1S/C14H20BrNO2/c1-17-13-9-11(15)8-10(4-3-7-16)14(13)18-12-5-2-6-12/h8-9,12H,2-7,16H2,1H3. The van der Waals surface area contributed by atoms with Gasteiger partial charge in [-0.3, -0.25) is 0 Å². The van der Waals surface area contributed by atoms with Crippen LogP contribution in [0.5, 0.6) is 11.5 Å². The largest absolute Gasteiger partial charge is 0.493 e. The molecule has 1 aliphatic carbocycles. The second kappa shape index (κ2) is 6.43. The van der Waals surface area contributed by atoms with Crippen LogP contribution in [0.15, 0.2) is 16.6 Å². The molecule has 0 amide bonds. The molecule has 1 aromatic carbocycles. The van der Waals surface area contributed by atoms with Crippen molar-refractivity contribution in [1.29, 1.82) is 0 Å². The lowest BCUT2D eigenvalue weighted by atomic mass is 9.96. The minimum Gasteiger partial charge on any atom is -0.493 e. The zero-order valence-electron chi connectivity index (χ0n) is 10.7. The molecule has 1 aromatic rings. The lowest BCUT2D eigenvalue weighted by Gasteiger charge is -2.28. The maximum absolute atomic E-state index is 6.07. The van der Waals surface area contributed by atoms with Crippen LogP contribution < -0.4 is 15.2 Å². The van der Waals surface area contributed by atoms with Crippen molar-refractivity contribution in [2.45, 2.75) is 38.2 Å². The second-order valence-electron chi connectivity index (χ2n) is 4.66. The van der Waals surface area contributed by atoms with Gasteiger partial charge in [0, 0.05) is 4.47 Å². The van der Waals surface area contributed by atoms with Gasteiger partial charge in [-0.05, 0) is 56.3 Å². The molecule has 1 aliphatic rings. The van der Waals surface area contributed by atoms with Gasteiger partial charge in [-0.25, -0.2) is 0 Å². The fourth-order valence-electron chi connectivity index (χ4n) is 2.04. The maximum atomic E-state index is 6.07. The molecule has 4 heteroatoms. The van der Waals surface area contributed by atoms with E-state index in [1.54, 1.807) is 7.11 Å². The molecular formula is C14H20BrNO2. The summed E-state index contributed by atoms with van der Waals surface area (Å²) in [6.07, 6.45) is 5.80. The van der Waals surface area contributed by atoms with Crippen LogP contribution in [-0.2, 0) is 6.42 Å². The molecule has 3 nitrogen and oxygen atoms in total. The summed E-state index contributed by atoms with van der Waals surface area (Å²) in [6, 6.07) is 4.06. The monoisotopic (exact) mass is 313 g/mol.